The number of nitrogens with one attached hydrogen (secondary N) is 1. The van der Waals surface area contributed by atoms with Gasteiger partial charge in [-0.05, 0) is 62.2 Å². The van der Waals surface area contributed by atoms with Crippen molar-refractivity contribution in [1.29, 1.82) is 0 Å². The molecular weight excluding hydrogens is 419 g/mol. The highest BCUT2D eigenvalue weighted by Gasteiger charge is 2.16. The molecule has 0 saturated heterocycles. The Labute approximate surface area is 132 Å². The number of nitrogens with zero attached hydrogens (tertiary/aromatic N) is 1. The lowest BCUT2D eigenvalue weighted by atomic mass is 10.4. The van der Waals surface area contributed by atoms with E-state index in [1.54, 1.807) is 18.3 Å². The van der Waals surface area contributed by atoms with Crippen LogP contribution in [-0.2, 0) is 10.0 Å². The minimum absolute atomic E-state index is 0.111. The molecule has 0 bridgehead atoms. The maximum Gasteiger partial charge on any atom is 0.262 e. The normalized spacial score (nSPS) is 11.3. The second-order valence-electron chi connectivity index (χ2n) is 3.52. The predicted molar refractivity (Wildman–Crippen MR) is 81.9 cm³/mol. The molecule has 0 atom stereocenters. The Morgan fingerprint density at radius 2 is 1.95 bits per heavy atom. The molecule has 0 fully saturated rings. The Morgan fingerprint density at radius 1 is 1.21 bits per heavy atom. The van der Waals surface area contributed by atoms with Gasteiger partial charge in [-0.2, -0.15) is 0 Å². The molecular formula is C11H7Br2ClN2O2S. The minimum atomic E-state index is -3.68. The zero-order chi connectivity index (χ0) is 14.0. The van der Waals surface area contributed by atoms with Crippen LogP contribution >= 0.6 is 43.5 Å². The lowest BCUT2D eigenvalue weighted by Crippen LogP contribution is -2.13. The van der Waals surface area contributed by atoms with Crippen LogP contribution in [0.2, 0.25) is 5.02 Å². The molecule has 0 unspecified atom stereocenters. The fourth-order valence-electron chi connectivity index (χ4n) is 1.31. The average molecular weight is 427 g/mol. The van der Waals surface area contributed by atoms with Crippen molar-refractivity contribution in [3.8, 4) is 0 Å². The molecule has 2 aromatic rings. The summed E-state index contributed by atoms with van der Waals surface area (Å²) in [5.74, 6) is 0. The Hall–Kier alpha value is -0.630. The van der Waals surface area contributed by atoms with E-state index in [4.69, 9.17) is 11.6 Å². The van der Waals surface area contributed by atoms with Crippen LogP contribution in [0.25, 0.3) is 0 Å². The number of halogens is 3. The maximum absolute atomic E-state index is 12.2. The van der Waals surface area contributed by atoms with Crippen molar-refractivity contribution < 1.29 is 8.42 Å². The van der Waals surface area contributed by atoms with E-state index in [2.05, 4.69) is 41.6 Å². The summed E-state index contributed by atoms with van der Waals surface area (Å²) in [6.45, 7) is 0. The average Bonchev–Trinajstić information content (AvgIpc) is 2.35. The molecule has 0 aliphatic rings. The molecule has 1 aromatic heterocycles. The summed E-state index contributed by atoms with van der Waals surface area (Å²) in [6.07, 6.45) is 1.56. The Morgan fingerprint density at radius 3 is 2.58 bits per heavy atom. The first-order valence-electron chi connectivity index (χ1n) is 4.98. The van der Waals surface area contributed by atoms with Gasteiger partial charge in [-0.25, -0.2) is 13.4 Å². The van der Waals surface area contributed by atoms with Gasteiger partial charge in [0.1, 0.15) is 4.60 Å². The van der Waals surface area contributed by atoms with Crippen LogP contribution in [0.3, 0.4) is 0 Å². The summed E-state index contributed by atoms with van der Waals surface area (Å²) in [6, 6.07) is 7.63. The zero-order valence-corrected chi connectivity index (χ0v) is 14.0. The molecule has 0 spiro atoms. The van der Waals surface area contributed by atoms with E-state index in [9.17, 15) is 8.42 Å². The summed E-state index contributed by atoms with van der Waals surface area (Å²) in [7, 11) is -3.68. The van der Waals surface area contributed by atoms with E-state index in [1.807, 2.05) is 0 Å². The first kappa shape index (κ1) is 14.8. The first-order valence-corrected chi connectivity index (χ1v) is 8.43. The molecule has 0 amide bonds. The standard InChI is InChI=1S/C11H7Br2ClN2O2S/c12-8-6-7(3-4-9(8)14)19(17,18)16-10-2-1-5-15-11(10)13/h1-6,16H. The lowest BCUT2D eigenvalue weighted by molar-refractivity contribution is 0.601. The fraction of sp³-hybridized carbons (Fsp3) is 0. The van der Waals surface area contributed by atoms with Crippen molar-refractivity contribution in [2.24, 2.45) is 0 Å². The van der Waals surface area contributed by atoms with E-state index >= 15 is 0 Å². The number of rotatable bonds is 3. The molecule has 0 aliphatic carbocycles. The fourth-order valence-corrected chi connectivity index (χ4v) is 3.53. The van der Waals surface area contributed by atoms with Crippen LogP contribution in [-0.4, -0.2) is 13.4 Å². The summed E-state index contributed by atoms with van der Waals surface area (Å²) in [5, 5.41) is 0.446. The first-order chi connectivity index (χ1) is 8.90. The van der Waals surface area contributed by atoms with Gasteiger partial charge >= 0.3 is 0 Å². The summed E-state index contributed by atoms with van der Waals surface area (Å²) in [4.78, 5) is 4.06. The van der Waals surface area contributed by atoms with Crippen LogP contribution in [0.4, 0.5) is 5.69 Å². The number of hydrogen-bond donors (Lipinski definition) is 1. The molecule has 0 aliphatic heterocycles. The van der Waals surface area contributed by atoms with Gasteiger partial charge in [0, 0.05) is 10.7 Å². The van der Waals surface area contributed by atoms with E-state index in [0.29, 0.717) is 19.8 Å². The molecule has 4 nitrogen and oxygen atoms in total. The number of anilines is 1. The van der Waals surface area contributed by atoms with Crippen molar-refractivity contribution in [3.05, 3.63) is 50.6 Å². The molecule has 1 heterocycles. The topological polar surface area (TPSA) is 59.1 Å². The molecule has 1 N–H and O–H groups in total. The Balaban J connectivity index is 2.38. The predicted octanol–water partition coefficient (Wildman–Crippen LogP) is 4.06. The Bertz CT molecular complexity index is 722. The van der Waals surface area contributed by atoms with Gasteiger partial charge in [-0.1, -0.05) is 11.6 Å². The highest BCUT2D eigenvalue weighted by molar-refractivity contribution is 9.10. The number of sulfonamides is 1. The molecule has 19 heavy (non-hydrogen) atoms. The highest BCUT2D eigenvalue weighted by Crippen LogP contribution is 2.27. The van der Waals surface area contributed by atoms with Gasteiger partial charge in [0.15, 0.2) is 0 Å². The molecule has 2 rings (SSSR count). The lowest BCUT2D eigenvalue weighted by Gasteiger charge is -2.09. The third-order valence-electron chi connectivity index (χ3n) is 2.20. The molecule has 0 saturated carbocycles. The third kappa shape index (κ3) is 3.47. The number of hydrogen-bond acceptors (Lipinski definition) is 3. The van der Waals surface area contributed by atoms with Crippen molar-refractivity contribution in [3.63, 3.8) is 0 Å². The molecule has 0 radical (unpaired) electrons. The summed E-state index contributed by atoms with van der Waals surface area (Å²) >= 11 is 12.2. The smallest absolute Gasteiger partial charge is 0.262 e. The van der Waals surface area contributed by atoms with Crippen LogP contribution in [0.5, 0.6) is 0 Å². The SMILES string of the molecule is O=S(=O)(Nc1cccnc1Br)c1ccc(Cl)c(Br)c1. The number of aromatic nitrogens is 1. The number of pyridine rings is 1. The zero-order valence-electron chi connectivity index (χ0n) is 9.27. The largest absolute Gasteiger partial charge is 0.277 e. The quantitative estimate of drug-likeness (QED) is 0.753. The second kappa shape index (κ2) is 5.78. The van der Waals surface area contributed by atoms with Crippen LogP contribution in [0.15, 0.2) is 50.5 Å². The monoisotopic (exact) mass is 424 g/mol. The van der Waals surface area contributed by atoms with Gasteiger partial charge in [-0.15, -0.1) is 0 Å². The Kier molecular flexibility index (Phi) is 4.50. The van der Waals surface area contributed by atoms with E-state index in [1.165, 1.54) is 18.2 Å². The van der Waals surface area contributed by atoms with Gasteiger partial charge in [-0.3, -0.25) is 4.72 Å². The van der Waals surface area contributed by atoms with Crippen molar-refractivity contribution in [1.82, 2.24) is 4.98 Å². The van der Waals surface area contributed by atoms with Crippen molar-refractivity contribution in [2.45, 2.75) is 4.90 Å². The minimum Gasteiger partial charge on any atom is -0.277 e. The summed E-state index contributed by atoms with van der Waals surface area (Å²) < 4.78 is 27.8. The van der Waals surface area contributed by atoms with Crippen molar-refractivity contribution in [2.75, 3.05) is 4.72 Å². The third-order valence-corrected chi connectivity index (χ3v) is 5.41. The number of benzene rings is 1. The maximum atomic E-state index is 12.2. The van der Waals surface area contributed by atoms with Crippen LogP contribution < -0.4 is 4.72 Å². The molecule has 100 valence electrons. The van der Waals surface area contributed by atoms with Gasteiger partial charge < -0.3 is 0 Å². The molecule has 1 aromatic carbocycles. The van der Waals surface area contributed by atoms with Gasteiger partial charge in [0.25, 0.3) is 10.0 Å². The van der Waals surface area contributed by atoms with E-state index < -0.39 is 10.0 Å². The van der Waals surface area contributed by atoms with E-state index in [-0.39, 0.29) is 4.90 Å². The van der Waals surface area contributed by atoms with E-state index in [0.717, 1.165) is 0 Å². The van der Waals surface area contributed by atoms with Crippen LogP contribution in [0.1, 0.15) is 0 Å². The van der Waals surface area contributed by atoms with Gasteiger partial charge in [0.2, 0.25) is 0 Å². The van der Waals surface area contributed by atoms with Crippen LogP contribution in [0, 0.1) is 0 Å². The van der Waals surface area contributed by atoms with Crippen molar-refractivity contribution >= 4 is 59.2 Å². The highest BCUT2D eigenvalue weighted by atomic mass is 79.9. The molecule has 8 heteroatoms. The second-order valence-corrected chi connectivity index (χ2v) is 7.22. The summed E-state index contributed by atoms with van der Waals surface area (Å²) in [5.41, 5.74) is 0.369. The van der Waals surface area contributed by atoms with Gasteiger partial charge in [0.05, 0.1) is 15.6 Å².